The van der Waals surface area contributed by atoms with E-state index in [1.54, 1.807) is 0 Å². The topological polar surface area (TPSA) is 44.3 Å². The van der Waals surface area contributed by atoms with Gasteiger partial charge in [-0.2, -0.15) is 4.98 Å². The number of likely N-dealkylation sites (N-methyl/N-ethyl adjacent to an activating group) is 1. The van der Waals surface area contributed by atoms with Gasteiger partial charge in [0, 0.05) is 38.1 Å². The van der Waals surface area contributed by atoms with Crippen LogP contribution < -0.4 is 10.2 Å². The molecule has 1 aliphatic heterocycles. The summed E-state index contributed by atoms with van der Waals surface area (Å²) in [7, 11) is 0. The first-order valence-corrected chi connectivity index (χ1v) is 8.30. The zero-order valence-corrected chi connectivity index (χ0v) is 14.2. The molecule has 1 aromatic heterocycles. The largest absolute Gasteiger partial charge is 0.354 e. The fourth-order valence-corrected chi connectivity index (χ4v) is 2.83. The number of hydrogen-bond acceptors (Lipinski definition) is 5. The van der Waals surface area contributed by atoms with Crippen molar-refractivity contribution in [2.24, 2.45) is 0 Å². The Morgan fingerprint density at radius 1 is 1.04 bits per heavy atom. The molecule has 2 heterocycles. The maximum atomic E-state index is 4.68. The van der Waals surface area contributed by atoms with E-state index in [0.29, 0.717) is 5.95 Å². The highest BCUT2D eigenvalue weighted by Gasteiger charge is 2.17. The SMILES string of the molecule is CCN1CCN(c2ccnc(Nc3ccc(C)c(C)c3)n2)CC1. The van der Waals surface area contributed by atoms with E-state index in [1.165, 1.54) is 11.1 Å². The van der Waals surface area contributed by atoms with Crippen LogP contribution in [0.1, 0.15) is 18.1 Å². The van der Waals surface area contributed by atoms with Gasteiger partial charge in [-0.1, -0.05) is 13.0 Å². The molecule has 1 fully saturated rings. The summed E-state index contributed by atoms with van der Waals surface area (Å²) in [6.45, 7) is 11.8. The zero-order valence-electron chi connectivity index (χ0n) is 14.2. The molecule has 1 saturated heterocycles. The van der Waals surface area contributed by atoms with Gasteiger partial charge in [0.1, 0.15) is 5.82 Å². The van der Waals surface area contributed by atoms with Crippen LogP contribution in [0.4, 0.5) is 17.5 Å². The Morgan fingerprint density at radius 3 is 2.52 bits per heavy atom. The van der Waals surface area contributed by atoms with Gasteiger partial charge >= 0.3 is 0 Å². The number of aromatic nitrogens is 2. The third kappa shape index (κ3) is 3.79. The third-order valence-corrected chi connectivity index (χ3v) is 4.55. The third-order valence-electron chi connectivity index (χ3n) is 4.55. The van der Waals surface area contributed by atoms with Crippen molar-refractivity contribution in [1.82, 2.24) is 14.9 Å². The fraction of sp³-hybridized carbons (Fsp3) is 0.444. The molecular formula is C18H25N5. The number of nitrogens with zero attached hydrogens (tertiary/aromatic N) is 4. The summed E-state index contributed by atoms with van der Waals surface area (Å²) in [5, 5.41) is 3.31. The summed E-state index contributed by atoms with van der Waals surface area (Å²) < 4.78 is 0. The fourth-order valence-electron chi connectivity index (χ4n) is 2.83. The van der Waals surface area contributed by atoms with E-state index in [4.69, 9.17) is 0 Å². The van der Waals surface area contributed by atoms with Gasteiger partial charge in [-0.15, -0.1) is 0 Å². The molecule has 5 nitrogen and oxygen atoms in total. The van der Waals surface area contributed by atoms with Crippen molar-refractivity contribution in [3.63, 3.8) is 0 Å². The van der Waals surface area contributed by atoms with Crippen LogP contribution in [-0.2, 0) is 0 Å². The lowest BCUT2D eigenvalue weighted by Gasteiger charge is -2.34. The molecule has 23 heavy (non-hydrogen) atoms. The smallest absolute Gasteiger partial charge is 0.229 e. The summed E-state index contributed by atoms with van der Waals surface area (Å²) in [6, 6.07) is 8.31. The summed E-state index contributed by atoms with van der Waals surface area (Å²) in [5.74, 6) is 1.66. The van der Waals surface area contributed by atoms with E-state index in [-0.39, 0.29) is 0 Å². The van der Waals surface area contributed by atoms with Gasteiger partial charge in [0.15, 0.2) is 0 Å². The van der Waals surface area contributed by atoms with Crippen molar-refractivity contribution in [3.8, 4) is 0 Å². The molecule has 0 bridgehead atoms. The second-order valence-corrected chi connectivity index (χ2v) is 6.08. The molecule has 0 unspecified atom stereocenters. The van der Waals surface area contributed by atoms with E-state index < -0.39 is 0 Å². The summed E-state index contributed by atoms with van der Waals surface area (Å²) >= 11 is 0. The van der Waals surface area contributed by atoms with Gasteiger partial charge in [0.05, 0.1) is 0 Å². The molecule has 0 atom stereocenters. The van der Waals surface area contributed by atoms with Crippen molar-refractivity contribution >= 4 is 17.5 Å². The van der Waals surface area contributed by atoms with Gasteiger partial charge in [0.2, 0.25) is 5.95 Å². The lowest BCUT2D eigenvalue weighted by atomic mass is 10.1. The van der Waals surface area contributed by atoms with Gasteiger partial charge in [-0.05, 0) is 49.7 Å². The molecule has 1 aromatic carbocycles. The molecule has 0 saturated carbocycles. The van der Waals surface area contributed by atoms with Crippen molar-refractivity contribution in [3.05, 3.63) is 41.6 Å². The van der Waals surface area contributed by atoms with Gasteiger partial charge < -0.3 is 15.1 Å². The second-order valence-electron chi connectivity index (χ2n) is 6.08. The Hall–Kier alpha value is -2.14. The highest BCUT2D eigenvalue weighted by Crippen LogP contribution is 2.19. The number of benzene rings is 1. The van der Waals surface area contributed by atoms with E-state index in [2.05, 4.69) is 64.1 Å². The van der Waals surface area contributed by atoms with Crippen molar-refractivity contribution in [2.75, 3.05) is 42.9 Å². The molecule has 1 N–H and O–H groups in total. The van der Waals surface area contributed by atoms with E-state index in [0.717, 1.165) is 44.2 Å². The molecular weight excluding hydrogens is 286 g/mol. The Kier molecular flexibility index (Phi) is 4.76. The maximum Gasteiger partial charge on any atom is 0.229 e. The van der Waals surface area contributed by atoms with Gasteiger partial charge in [0.25, 0.3) is 0 Å². The molecule has 0 amide bonds. The highest BCUT2D eigenvalue weighted by molar-refractivity contribution is 5.57. The lowest BCUT2D eigenvalue weighted by molar-refractivity contribution is 0.270. The van der Waals surface area contributed by atoms with Crippen LogP contribution in [0.5, 0.6) is 0 Å². The lowest BCUT2D eigenvalue weighted by Crippen LogP contribution is -2.46. The summed E-state index contributed by atoms with van der Waals surface area (Å²) in [4.78, 5) is 13.8. The van der Waals surface area contributed by atoms with Crippen LogP contribution in [0.3, 0.4) is 0 Å². The maximum absolute atomic E-state index is 4.68. The van der Waals surface area contributed by atoms with Crippen LogP contribution in [0.15, 0.2) is 30.5 Å². The molecule has 0 spiro atoms. The number of rotatable bonds is 4. The number of aryl methyl sites for hydroxylation is 2. The van der Waals surface area contributed by atoms with Crippen LogP contribution in [0, 0.1) is 13.8 Å². The van der Waals surface area contributed by atoms with E-state index >= 15 is 0 Å². The van der Waals surface area contributed by atoms with E-state index in [1.807, 2.05) is 12.3 Å². The second kappa shape index (κ2) is 6.96. The van der Waals surface area contributed by atoms with Gasteiger partial charge in [-0.3, -0.25) is 0 Å². The molecule has 3 rings (SSSR count). The minimum atomic E-state index is 0.656. The Bertz CT molecular complexity index is 662. The first-order valence-electron chi connectivity index (χ1n) is 8.30. The van der Waals surface area contributed by atoms with Gasteiger partial charge in [-0.25, -0.2) is 4.98 Å². The van der Waals surface area contributed by atoms with Crippen LogP contribution in [0.2, 0.25) is 0 Å². The average Bonchev–Trinajstić information content (AvgIpc) is 2.58. The van der Waals surface area contributed by atoms with Crippen LogP contribution in [0.25, 0.3) is 0 Å². The molecule has 2 aromatic rings. The average molecular weight is 311 g/mol. The first kappa shape index (κ1) is 15.7. The predicted octanol–water partition coefficient (Wildman–Crippen LogP) is 2.98. The monoisotopic (exact) mass is 311 g/mol. The zero-order chi connectivity index (χ0) is 16.2. The van der Waals surface area contributed by atoms with E-state index in [9.17, 15) is 0 Å². The molecule has 122 valence electrons. The summed E-state index contributed by atoms with van der Waals surface area (Å²) in [6.07, 6.45) is 1.83. The number of piperazine rings is 1. The number of hydrogen-bond donors (Lipinski definition) is 1. The minimum absolute atomic E-state index is 0.656. The molecule has 5 heteroatoms. The standard InChI is InChI=1S/C18H25N5/c1-4-22-9-11-23(12-10-22)17-7-8-19-18(21-17)20-16-6-5-14(2)15(3)13-16/h5-8,13H,4,9-12H2,1-3H3,(H,19,20,21). The molecule has 1 aliphatic rings. The first-order chi connectivity index (χ1) is 11.2. The van der Waals surface area contributed by atoms with Crippen molar-refractivity contribution in [1.29, 1.82) is 0 Å². The normalized spacial score (nSPS) is 15.7. The Labute approximate surface area is 138 Å². The highest BCUT2D eigenvalue weighted by atomic mass is 15.3. The van der Waals surface area contributed by atoms with Crippen LogP contribution in [-0.4, -0.2) is 47.6 Å². The Morgan fingerprint density at radius 2 is 1.83 bits per heavy atom. The van der Waals surface area contributed by atoms with Crippen molar-refractivity contribution < 1.29 is 0 Å². The van der Waals surface area contributed by atoms with Crippen molar-refractivity contribution in [2.45, 2.75) is 20.8 Å². The molecule has 0 aliphatic carbocycles. The quantitative estimate of drug-likeness (QED) is 0.940. The Balaban J connectivity index is 1.71. The minimum Gasteiger partial charge on any atom is -0.354 e. The number of anilines is 3. The predicted molar refractivity (Wildman–Crippen MR) is 95.6 cm³/mol. The summed E-state index contributed by atoms with van der Waals surface area (Å²) in [5.41, 5.74) is 3.59. The van der Waals surface area contributed by atoms with Crippen LogP contribution >= 0.6 is 0 Å². The molecule has 0 radical (unpaired) electrons. The number of nitrogens with one attached hydrogen (secondary N) is 1.